The van der Waals surface area contributed by atoms with E-state index in [2.05, 4.69) is 16.0 Å². The monoisotopic (exact) mass is 421 g/mol. The van der Waals surface area contributed by atoms with Crippen LogP contribution < -0.4 is 15.2 Å². The van der Waals surface area contributed by atoms with Crippen LogP contribution in [0.3, 0.4) is 0 Å². The third-order valence-electron chi connectivity index (χ3n) is 5.03. The highest BCUT2D eigenvalue weighted by molar-refractivity contribution is 7.98. The molecule has 4 rings (SSSR count). The van der Waals surface area contributed by atoms with Crippen molar-refractivity contribution in [3.63, 3.8) is 0 Å². The zero-order valence-corrected chi connectivity index (χ0v) is 17.6. The molecule has 1 aliphatic heterocycles. The molecular weight excluding hydrogens is 398 g/mol. The highest BCUT2D eigenvalue weighted by atomic mass is 32.2. The van der Waals surface area contributed by atoms with Crippen LogP contribution in [0.4, 0.5) is 5.69 Å². The maximum Gasteiger partial charge on any atom is 0.251 e. The lowest BCUT2D eigenvalue weighted by Crippen LogP contribution is -2.36. The van der Waals surface area contributed by atoms with E-state index in [1.165, 1.54) is 23.4 Å². The molecule has 3 aromatic rings. The topological polar surface area (TPSA) is 75.3 Å². The van der Waals surface area contributed by atoms with Gasteiger partial charge in [-0.15, -0.1) is 0 Å². The molecule has 0 radical (unpaired) electrons. The number of H-pyrrole nitrogens is 1. The Kier molecular flexibility index (Phi) is 6.18. The minimum absolute atomic E-state index is 0.0380. The number of thioether (sulfide) groups is 1. The van der Waals surface area contributed by atoms with Gasteiger partial charge in [-0.2, -0.15) is 0 Å². The van der Waals surface area contributed by atoms with Crippen molar-refractivity contribution in [2.24, 2.45) is 0 Å². The molecule has 0 atom stereocenters. The lowest BCUT2D eigenvalue weighted by molar-refractivity contribution is -0.118. The molecule has 6 nitrogen and oxygen atoms in total. The van der Waals surface area contributed by atoms with Gasteiger partial charge >= 0.3 is 0 Å². The van der Waals surface area contributed by atoms with Gasteiger partial charge in [0, 0.05) is 24.1 Å². The van der Waals surface area contributed by atoms with Crippen molar-refractivity contribution in [2.45, 2.75) is 30.2 Å². The molecule has 7 heteroatoms. The number of benzene rings is 2. The lowest BCUT2D eigenvalue weighted by Gasteiger charge is -2.29. The molecule has 154 valence electrons. The molecule has 1 N–H and O–H groups in total. The molecule has 2 heterocycles. The molecule has 0 aliphatic carbocycles. The van der Waals surface area contributed by atoms with Gasteiger partial charge in [0.15, 0.2) is 5.16 Å². The van der Waals surface area contributed by atoms with Crippen LogP contribution in [0.5, 0.6) is 5.75 Å². The molecule has 1 aliphatic rings. The minimum Gasteiger partial charge on any atom is -0.497 e. The van der Waals surface area contributed by atoms with E-state index in [9.17, 15) is 9.59 Å². The molecule has 1 aromatic heterocycles. The van der Waals surface area contributed by atoms with Gasteiger partial charge in [-0.3, -0.25) is 9.59 Å². The van der Waals surface area contributed by atoms with Gasteiger partial charge < -0.3 is 14.6 Å². The van der Waals surface area contributed by atoms with Gasteiger partial charge in [-0.25, -0.2) is 4.98 Å². The fourth-order valence-corrected chi connectivity index (χ4v) is 4.44. The van der Waals surface area contributed by atoms with Gasteiger partial charge in [-0.1, -0.05) is 42.1 Å². The predicted octanol–water partition coefficient (Wildman–Crippen LogP) is 3.59. The summed E-state index contributed by atoms with van der Waals surface area (Å²) < 4.78 is 5.25. The first-order valence-electron chi connectivity index (χ1n) is 9.86. The quantitative estimate of drug-likeness (QED) is 0.486. The van der Waals surface area contributed by atoms with Crippen LogP contribution in [0.1, 0.15) is 23.2 Å². The van der Waals surface area contributed by atoms with E-state index in [4.69, 9.17) is 4.74 Å². The zero-order valence-electron chi connectivity index (χ0n) is 16.8. The van der Waals surface area contributed by atoms with E-state index >= 15 is 0 Å². The van der Waals surface area contributed by atoms with Gasteiger partial charge in [-0.05, 0) is 42.2 Å². The predicted molar refractivity (Wildman–Crippen MR) is 118 cm³/mol. The molecule has 2 aromatic carbocycles. The van der Waals surface area contributed by atoms with Crippen LogP contribution in [-0.2, 0) is 23.4 Å². The number of aromatic amines is 1. The number of ether oxygens (including phenoxy) is 1. The Labute approximate surface area is 179 Å². The number of hydrogen-bond acceptors (Lipinski definition) is 5. The van der Waals surface area contributed by atoms with Gasteiger partial charge in [0.05, 0.1) is 19.2 Å². The molecule has 0 unspecified atom stereocenters. The maximum absolute atomic E-state index is 13.0. The van der Waals surface area contributed by atoms with Crippen molar-refractivity contribution < 1.29 is 9.53 Å². The van der Waals surface area contributed by atoms with E-state index in [0.29, 0.717) is 23.1 Å². The largest absolute Gasteiger partial charge is 0.497 e. The van der Waals surface area contributed by atoms with Crippen molar-refractivity contribution >= 4 is 23.4 Å². The summed E-state index contributed by atoms with van der Waals surface area (Å²) in [5.74, 6) is 1.39. The second-order valence-corrected chi connectivity index (χ2v) is 8.10. The first-order valence-corrected chi connectivity index (χ1v) is 10.8. The van der Waals surface area contributed by atoms with Crippen molar-refractivity contribution in [1.29, 1.82) is 0 Å². The second kappa shape index (κ2) is 9.17. The Balaban J connectivity index is 1.47. The van der Waals surface area contributed by atoms with E-state index in [0.717, 1.165) is 29.8 Å². The Bertz CT molecular complexity index is 1110. The summed E-state index contributed by atoms with van der Waals surface area (Å²) in [4.78, 5) is 34.2. The summed E-state index contributed by atoms with van der Waals surface area (Å²) in [6.07, 6.45) is 2.02. The first-order chi connectivity index (χ1) is 14.6. The smallest absolute Gasteiger partial charge is 0.251 e. The van der Waals surface area contributed by atoms with Crippen LogP contribution in [0.25, 0.3) is 0 Å². The summed E-state index contributed by atoms with van der Waals surface area (Å²) in [5, 5.41) is 0.507. The summed E-state index contributed by atoms with van der Waals surface area (Å²) in [5.41, 5.74) is 3.45. The second-order valence-electron chi connectivity index (χ2n) is 7.14. The number of carbonyl (C=O) groups is 1. The van der Waals surface area contributed by atoms with Gasteiger partial charge in [0.1, 0.15) is 5.75 Å². The number of aromatic nitrogens is 2. The summed E-state index contributed by atoms with van der Waals surface area (Å²) >= 11 is 1.43. The Morgan fingerprint density at radius 3 is 2.93 bits per heavy atom. The number of rotatable bonds is 6. The Morgan fingerprint density at radius 2 is 2.07 bits per heavy atom. The third kappa shape index (κ3) is 4.74. The molecule has 1 amide bonds. The highest BCUT2D eigenvalue weighted by Crippen LogP contribution is 2.27. The molecule has 0 bridgehead atoms. The Hall–Kier alpha value is -3.06. The average molecular weight is 422 g/mol. The number of nitrogens with zero attached hydrogens (tertiary/aromatic N) is 2. The van der Waals surface area contributed by atoms with E-state index < -0.39 is 0 Å². The van der Waals surface area contributed by atoms with Gasteiger partial charge in [0.2, 0.25) is 5.91 Å². The van der Waals surface area contributed by atoms with Crippen molar-refractivity contribution in [2.75, 3.05) is 18.6 Å². The lowest BCUT2D eigenvalue weighted by atomic mass is 10.0. The Morgan fingerprint density at radius 1 is 1.20 bits per heavy atom. The third-order valence-corrected chi connectivity index (χ3v) is 5.97. The minimum atomic E-state index is -0.250. The standard InChI is InChI=1S/C23H23N3O3S/c1-29-19-9-4-6-16(12-19)15-30-23-24-18(13-21(27)25-23)14-22(28)26-11-5-8-17-7-2-3-10-20(17)26/h2-4,6-7,9-10,12-13H,5,8,11,14-15H2,1H3,(H,24,25,27). The number of amides is 1. The maximum atomic E-state index is 13.0. The van der Waals surface area contributed by atoms with E-state index in [1.807, 2.05) is 47.4 Å². The average Bonchev–Trinajstić information content (AvgIpc) is 2.77. The number of carbonyl (C=O) groups excluding carboxylic acids is 1. The molecule has 30 heavy (non-hydrogen) atoms. The van der Waals surface area contributed by atoms with Crippen LogP contribution in [0.2, 0.25) is 0 Å². The molecular formula is C23H23N3O3S. The van der Waals surface area contributed by atoms with Crippen LogP contribution >= 0.6 is 11.8 Å². The molecule has 0 fully saturated rings. The summed E-state index contributed by atoms with van der Waals surface area (Å²) in [6, 6.07) is 17.2. The number of methoxy groups -OCH3 is 1. The molecule has 0 saturated carbocycles. The van der Waals surface area contributed by atoms with Crippen molar-refractivity contribution in [3.8, 4) is 5.75 Å². The summed E-state index contributed by atoms with van der Waals surface area (Å²) in [7, 11) is 1.63. The van der Waals surface area contributed by atoms with Crippen LogP contribution in [0, 0.1) is 0 Å². The number of anilines is 1. The number of hydrogen-bond donors (Lipinski definition) is 1. The van der Waals surface area contributed by atoms with Crippen LogP contribution in [0.15, 0.2) is 64.5 Å². The summed E-state index contributed by atoms with van der Waals surface area (Å²) in [6.45, 7) is 0.691. The fraction of sp³-hybridized carbons (Fsp3) is 0.261. The first kappa shape index (κ1) is 20.2. The molecule has 0 saturated heterocycles. The van der Waals surface area contributed by atoms with E-state index in [-0.39, 0.29) is 17.9 Å². The van der Waals surface area contributed by atoms with Gasteiger partial charge in [0.25, 0.3) is 5.56 Å². The van der Waals surface area contributed by atoms with Crippen molar-refractivity contribution in [1.82, 2.24) is 9.97 Å². The van der Waals surface area contributed by atoms with E-state index in [1.54, 1.807) is 7.11 Å². The number of nitrogens with one attached hydrogen (secondary N) is 1. The van der Waals surface area contributed by atoms with Crippen LogP contribution in [-0.4, -0.2) is 29.5 Å². The normalized spacial score (nSPS) is 13.0. The highest BCUT2D eigenvalue weighted by Gasteiger charge is 2.22. The SMILES string of the molecule is COc1cccc(CSc2nc(CC(=O)N3CCCc4ccccc43)cc(=O)[nH]2)c1. The number of fused-ring (bicyclic) bond motifs is 1. The van der Waals surface area contributed by atoms with Crippen molar-refractivity contribution in [3.05, 3.63) is 81.8 Å². The molecule has 0 spiro atoms. The number of para-hydroxylation sites is 1. The zero-order chi connectivity index (χ0) is 20.9. The fourth-order valence-electron chi connectivity index (χ4n) is 3.60. The number of aryl methyl sites for hydroxylation is 1.